The molecule has 21 heavy (non-hydrogen) atoms. The summed E-state index contributed by atoms with van der Waals surface area (Å²) in [4.78, 5) is 0.167. The smallest absolute Gasteiger partial charge is 0.244 e. The monoisotopic (exact) mass is 379 g/mol. The van der Waals surface area contributed by atoms with E-state index in [1.165, 1.54) is 17.5 Å². The molecule has 0 aliphatic carbocycles. The van der Waals surface area contributed by atoms with E-state index in [0.29, 0.717) is 4.47 Å². The molecule has 0 bridgehead atoms. The van der Waals surface area contributed by atoms with E-state index in [-0.39, 0.29) is 36.8 Å². The lowest BCUT2D eigenvalue weighted by atomic mass is 10.4. The van der Waals surface area contributed by atoms with Crippen LogP contribution in [-0.2, 0) is 14.8 Å². The van der Waals surface area contributed by atoms with E-state index in [9.17, 15) is 8.42 Å². The first-order valence-electron chi connectivity index (χ1n) is 6.13. The van der Waals surface area contributed by atoms with Crippen LogP contribution >= 0.6 is 15.9 Å². The third-order valence-electron chi connectivity index (χ3n) is 2.75. The highest BCUT2D eigenvalue weighted by atomic mass is 79.9. The fraction of sp³-hybridized carbons (Fsp3) is 0.417. The number of oxime groups is 1. The van der Waals surface area contributed by atoms with Gasteiger partial charge in [-0.2, -0.15) is 4.31 Å². The third kappa shape index (κ3) is 4.95. The van der Waals surface area contributed by atoms with Crippen molar-refractivity contribution < 1.29 is 18.4 Å². The Balaban J connectivity index is 3.03. The zero-order chi connectivity index (χ0) is 15.9. The molecule has 0 atom stereocenters. The number of nitrogens with zero attached hydrogens (tertiary/aromatic N) is 2. The molecule has 9 heteroatoms. The summed E-state index contributed by atoms with van der Waals surface area (Å²) in [5.74, 6) is -0.0280. The lowest BCUT2D eigenvalue weighted by molar-refractivity contribution is 0.179. The maximum absolute atomic E-state index is 12.7. The van der Waals surface area contributed by atoms with Crippen LogP contribution in [0.3, 0.4) is 0 Å². The van der Waals surface area contributed by atoms with Crippen LogP contribution < -0.4 is 5.73 Å². The Morgan fingerprint density at radius 2 is 2.10 bits per heavy atom. The fourth-order valence-electron chi connectivity index (χ4n) is 1.63. The number of sulfonamides is 1. The molecule has 1 rings (SSSR count). The lowest BCUT2D eigenvalue weighted by Gasteiger charge is -2.22. The van der Waals surface area contributed by atoms with Crippen molar-refractivity contribution in [2.75, 3.05) is 26.8 Å². The second-order valence-corrected chi connectivity index (χ2v) is 6.93. The van der Waals surface area contributed by atoms with Gasteiger partial charge in [0, 0.05) is 31.1 Å². The van der Waals surface area contributed by atoms with E-state index >= 15 is 0 Å². The zero-order valence-corrected chi connectivity index (χ0v) is 14.0. The molecule has 1 aromatic carbocycles. The Labute approximate surface area is 132 Å². The molecule has 0 amide bonds. The Morgan fingerprint density at radius 3 is 2.67 bits per heavy atom. The number of hydrogen-bond acceptors (Lipinski definition) is 5. The molecule has 0 saturated heterocycles. The number of hydrogen-bond donors (Lipinski definition) is 2. The van der Waals surface area contributed by atoms with Crippen molar-refractivity contribution >= 4 is 31.8 Å². The van der Waals surface area contributed by atoms with Gasteiger partial charge in [0.15, 0.2) is 0 Å². The summed E-state index contributed by atoms with van der Waals surface area (Å²) in [5, 5.41) is 11.4. The van der Waals surface area contributed by atoms with Crippen molar-refractivity contribution in [2.24, 2.45) is 10.9 Å². The van der Waals surface area contributed by atoms with E-state index in [2.05, 4.69) is 21.1 Å². The second kappa shape index (κ2) is 8.32. The summed E-state index contributed by atoms with van der Waals surface area (Å²) in [6.45, 7) is 0.529. The number of benzene rings is 1. The maximum Gasteiger partial charge on any atom is 0.244 e. The molecule has 0 aromatic heterocycles. The normalized spacial score (nSPS) is 12.8. The minimum atomic E-state index is -3.69. The standard InChI is InChI=1S/C12H18BrN3O4S/c1-20-9-8-16(7-6-12(14)15-17)21(18,19)11-5-3-2-4-10(11)13/h2-5,17H,6-9H2,1H3,(H2,14,15). The molecule has 0 aliphatic heterocycles. The molecule has 0 fully saturated rings. The van der Waals surface area contributed by atoms with E-state index < -0.39 is 10.0 Å². The summed E-state index contributed by atoms with van der Waals surface area (Å²) >= 11 is 3.24. The van der Waals surface area contributed by atoms with Crippen LogP contribution in [0.2, 0.25) is 0 Å². The average Bonchev–Trinajstić information content (AvgIpc) is 2.46. The van der Waals surface area contributed by atoms with E-state index in [1.54, 1.807) is 18.2 Å². The van der Waals surface area contributed by atoms with Crippen LogP contribution in [0.25, 0.3) is 0 Å². The van der Waals surface area contributed by atoms with Crippen molar-refractivity contribution in [3.63, 3.8) is 0 Å². The largest absolute Gasteiger partial charge is 0.409 e. The number of nitrogens with two attached hydrogens (primary N) is 1. The number of methoxy groups -OCH3 is 1. The van der Waals surface area contributed by atoms with Crippen molar-refractivity contribution in [1.82, 2.24) is 4.31 Å². The second-order valence-electron chi connectivity index (χ2n) is 4.17. The molecule has 0 heterocycles. The highest BCUT2D eigenvalue weighted by molar-refractivity contribution is 9.10. The van der Waals surface area contributed by atoms with E-state index in [1.807, 2.05) is 0 Å². The highest BCUT2D eigenvalue weighted by Gasteiger charge is 2.26. The predicted molar refractivity (Wildman–Crippen MR) is 82.8 cm³/mol. The van der Waals surface area contributed by atoms with Gasteiger partial charge in [0.1, 0.15) is 5.84 Å². The Hall–Kier alpha value is -1.16. The number of ether oxygens (including phenoxy) is 1. The van der Waals surface area contributed by atoms with Gasteiger partial charge < -0.3 is 15.7 Å². The minimum Gasteiger partial charge on any atom is -0.409 e. The Kier molecular flexibility index (Phi) is 7.09. The number of amidine groups is 1. The van der Waals surface area contributed by atoms with Gasteiger partial charge in [-0.15, -0.1) is 0 Å². The van der Waals surface area contributed by atoms with Gasteiger partial charge in [0.25, 0.3) is 0 Å². The van der Waals surface area contributed by atoms with Crippen molar-refractivity contribution in [2.45, 2.75) is 11.3 Å². The topological polar surface area (TPSA) is 105 Å². The zero-order valence-electron chi connectivity index (χ0n) is 11.6. The average molecular weight is 380 g/mol. The fourth-order valence-corrected chi connectivity index (χ4v) is 4.02. The van der Waals surface area contributed by atoms with Crippen LogP contribution in [0.5, 0.6) is 0 Å². The van der Waals surface area contributed by atoms with Gasteiger partial charge >= 0.3 is 0 Å². The quantitative estimate of drug-likeness (QED) is 0.305. The molecule has 0 saturated carbocycles. The summed E-state index contributed by atoms with van der Waals surface area (Å²) < 4.78 is 32.0. The summed E-state index contributed by atoms with van der Waals surface area (Å²) in [6.07, 6.45) is 0.129. The first kappa shape index (κ1) is 17.9. The summed E-state index contributed by atoms with van der Waals surface area (Å²) in [6, 6.07) is 6.56. The first-order chi connectivity index (χ1) is 9.93. The molecule has 0 spiro atoms. The lowest BCUT2D eigenvalue weighted by Crippen LogP contribution is -2.36. The van der Waals surface area contributed by atoms with E-state index in [0.717, 1.165) is 0 Å². The van der Waals surface area contributed by atoms with Crippen LogP contribution in [-0.4, -0.2) is 50.6 Å². The van der Waals surface area contributed by atoms with Crippen LogP contribution in [0.15, 0.2) is 38.8 Å². The summed E-state index contributed by atoms with van der Waals surface area (Å²) in [7, 11) is -2.20. The SMILES string of the molecule is COCCN(CCC(N)=NO)S(=O)(=O)c1ccccc1Br. The molecular formula is C12H18BrN3O4S. The van der Waals surface area contributed by atoms with Gasteiger partial charge in [-0.3, -0.25) is 0 Å². The number of halogens is 1. The van der Waals surface area contributed by atoms with Gasteiger partial charge in [0.2, 0.25) is 10.0 Å². The highest BCUT2D eigenvalue weighted by Crippen LogP contribution is 2.24. The first-order valence-corrected chi connectivity index (χ1v) is 8.36. The molecular weight excluding hydrogens is 362 g/mol. The molecule has 3 N–H and O–H groups in total. The molecule has 0 radical (unpaired) electrons. The van der Waals surface area contributed by atoms with E-state index in [4.69, 9.17) is 15.7 Å². The predicted octanol–water partition coefficient (Wildman–Crippen LogP) is 1.22. The molecule has 7 nitrogen and oxygen atoms in total. The molecule has 0 unspecified atom stereocenters. The Morgan fingerprint density at radius 1 is 1.43 bits per heavy atom. The molecule has 0 aliphatic rings. The van der Waals surface area contributed by atoms with Gasteiger partial charge in [-0.25, -0.2) is 8.42 Å². The molecule has 118 valence electrons. The van der Waals surface area contributed by atoms with Crippen molar-refractivity contribution in [3.8, 4) is 0 Å². The minimum absolute atomic E-state index is 0.0280. The van der Waals surface area contributed by atoms with Crippen LogP contribution in [0, 0.1) is 0 Å². The third-order valence-corrected chi connectivity index (χ3v) is 5.66. The maximum atomic E-state index is 12.7. The van der Waals surface area contributed by atoms with Crippen molar-refractivity contribution in [1.29, 1.82) is 0 Å². The Bertz CT molecular complexity index is 592. The van der Waals surface area contributed by atoms with Crippen LogP contribution in [0.4, 0.5) is 0 Å². The molecule has 1 aromatic rings. The van der Waals surface area contributed by atoms with Gasteiger partial charge in [-0.1, -0.05) is 17.3 Å². The van der Waals surface area contributed by atoms with Gasteiger partial charge in [0.05, 0.1) is 11.5 Å². The van der Waals surface area contributed by atoms with Crippen LogP contribution in [0.1, 0.15) is 6.42 Å². The number of rotatable bonds is 8. The summed E-state index contributed by atoms with van der Waals surface area (Å²) in [5.41, 5.74) is 5.40. The van der Waals surface area contributed by atoms with Gasteiger partial charge in [-0.05, 0) is 28.1 Å². The van der Waals surface area contributed by atoms with Crippen molar-refractivity contribution in [3.05, 3.63) is 28.7 Å².